The molecule has 0 bridgehead atoms. The van der Waals surface area contributed by atoms with E-state index in [0.29, 0.717) is 23.6 Å². The highest BCUT2D eigenvalue weighted by Gasteiger charge is 2.15. The number of ketones is 1. The highest BCUT2D eigenvalue weighted by molar-refractivity contribution is 8.93. The SMILES string of the molecule is Br.COc1cc(OC)cc(C(=O)CN2C=CN(C)C2)c1. The first kappa shape index (κ1) is 16.4. The molecule has 0 saturated heterocycles. The third kappa shape index (κ3) is 3.90. The van der Waals surface area contributed by atoms with Crippen LogP contribution >= 0.6 is 17.0 Å². The topological polar surface area (TPSA) is 42.0 Å². The lowest BCUT2D eigenvalue weighted by molar-refractivity contribution is 0.0948. The minimum absolute atomic E-state index is 0. The fraction of sp³-hybridized carbons (Fsp3) is 0.357. The summed E-state index contributed by atoms with van der Waals surface area (Å²) in [5.74, 6) is 1.28. The van der Waals surface area contributed by atoms with Crippen molar-refractivity contribution in [2.24, 2.45) is 0 Å². The molecule has 0 unspecified atom stereocenters. The van der Waals surface area contributed by atoms with Crippen molar-refractivity contribution < 1.29 is 14.3 Å². The van der Waals surface area contributed by atoms with Crippen LogP contribution in [0.1, 0.15) is 10.4 Å². The van der Waals surface area contributed by atoms with Crippen LogP contribution in [-0.2, 0) is 0 Å². The van der Waals surface area contributed by atoms with Crippen molar-refractivity contribution >= 4 is 22.8 Å². The van der Waals surface area contributed by atoms with E-state index >= 15 is 0 Å². The number of hydrogen-bond donors (Lipinski definition) is 0. The Hall–Kier alpha value is -1.69. The van der Waals surface area contributed by atoms with E-state index < -0.39 is 0 Å². The van der Waals surface area contributed by atoms with Crippen LogP contribution in [0.2, 0.25) is 0 Å². The smallest absolute Gasteiger partial charge is 0.182 e. The summed E-state index contributed by atoms with van der Waals surface area (Å²) in [6, 6.07) is 5.21. The largest absolute Gasteiger partial charge is 0.497 e. The van der Waals surface area contributed by atoms with Crippen molar-refractivity contribution in [2.45, 2.75) is 0 Å². The molecule has 0 aliphatic carbocycles. The van der Waals surface area contributed by atoms with Crippen LogP contribution in [0.3, 0.4) is 0 Å². The van der Waals surface area contributed by atoms with E-state index in [1.54, 1.807) is 32.4 Å². The van der Waals surface area contributed by atoms with Crippen LogP contribution in [0.5, 0.6) is 11.5 Å². The van der Waals surface area contributed by atoms with Gasteiger partial charge in [-0.1, -0.05) is 0 Å². The second-order valence-corrected chi connectivity index (χ2v) is 4.47. The third-order valence-corrected chi connectivity index (χ3v) is 2.96. The quantitative estimate of drug-likeness (QED) is 0.767. The fourth-order valence-corrected chi connectivity index (χ4v) is 1.94. The first-order chi connectivity index (χ1) is 9.12. The summed E-state index contributed by atoms with van der Waals surface area (Å²) in [4.78, 5) is 16.2. The van der Waals surface area contributed by atoms with Gasteiger partial charge in [0.1, 0.15) is 11.5 Å². The molecule has 0 radical (unpaired) electrons. The first-order valence-electron chi connectivity index (χ1n) is 6.01. The Bertz CT molecular complexity index is 483. The van der Waals surface area contributed by atoms with Crippen molar-refractivity contribution in [3.05, 3.63) is 36.2 Å². The van der Waals surface area contributed by atoms with Gasteiger partial charge in [-0.3, -0.25) is 4.79 Å². The monoisotopic (exact) mass is 342 g/mol. The summed E-state index contributed by atoms with van der Waals surface area (Å²) in [6.07, 6.45) is 3.86. The third-order valence-electron chi connectivity index (χ3n) is 2.96. The summed E-state index contributed by atoms with van der Waals surface area (Å²) in [6.45, 7) is 1.07. The van der Waals surface area contributed by atoms with E-state index in [1.165, 1.54) is 0 Å². The number of carbonyl (C=O) groups excluding carboxylic acids is 1. The molecule has 0 aromatic heterocycles. The standard InChI is InChI=1S/C14H18N2O3.BrH/c1-15-4-5-16(10-15)9-14(17)11-6-12(18-2)8-13(7-11)19-3;/h4-8H,9-10H2,1-3H3;1H. The molecule has 0 saturated carbocycles. The molecule has 1 aromatic carbocycles. The molecule has 6 heteroatoms. The number of nitrogens with zero attached hydrogens (tertiary/aromatic N) is 2. The van der Waals surface area contributed by atoms with Gasteiger partial charge in [-0.05, 0) is 12.1 Å². The van der Waals surface area contributed by atoms with Crippen LogP contribution < -0.4 is 9.47 Å². The molecule has 1 aromatic rings. The lowest BCUT2D eigenvalue weighted by Gasteiger charge is -2.17. The van der Waals surface area contributed by atoms with Gasteiger partial charge in [-0.15, -0.1) is 17.0 Å². The zero-order chi connectivity index (χ0) is 13.8. The summed E-state index contributed by atoms with van der Waals surface area (Å²) < 4.78 is 10.3. The Morgan fingerprint density at radius 1 is 1.15 bits per heavy atom. The zero-order valence-corrected chi connectivity index (χ0v) is 13.5. The molecule has 1 aliphatic heterocycles. The van der Waals surface area contributed by atoms with Crippen molar-refractivity contribution in [1.29, 1.82) is 0 Å². The number of carbonyl (C=O) groups is 1. The minimum Gasteiger partial charge on any atom is -0.497 e. The molecule has 2 rings (SSSR count). The van der Waals surface area contributed by atoms with Gasteiger partial charge in [0.2, 0.25) is 0 Å². The number of Topliss-reactive ketones (excluding diaryl/α,β-unsaturated/α-hetero) is 1. The van der Waals surface area contributed by atoms with Crippen LogP contribution in [0.15, 0.2) is 30.6 Å². The van der Waals surface area contributed by atoms with E-state index in [2.05, 4.69) is 0 Å². The second-order valence-electron chi connectivity index (χ2n) is 4.47. The van der Waals surface area contributed by atoms with Gasteiger partial charge in [0.15, 0.2) is 5.78 Å². The van der Waals surface area contributed by atoms with Crippen molar-refractivity contribution in [3.8, 4) is 11.5 Å². The van der Waals surface area contributed by atoms with Gasteiger partial charge in [-0.2, -0.15) is 0 Å². The van der Waals surface area contributed by atoms with Crippen LogP contribution in [0.25, 0.3) is 0 Å². The number of hydrogen-bond acceptors (Lipinski definition) is 5. The van der Waals surface area contributed by atoms with E-state index in [-0.39, 0.29) is 22.8 Å². The number of ether oxygens (including phenoxy) is 2. The van der Waals surface area contributed by atoms with Crippen molar-refractivity contribution in [1.82, 2.24) is 9.80 Å². The predicted molar refractivity (Wildman–Crippen MR) is 82.7 cm³/mol. The Labute approximate surface area is 129 Å². The maximum atomic E-state index is 12.2. The highest BCUT2D eigenvalue weighted by atomic mass is 79.9. The molecule has 1 aliphatic rings. The van der Waals surface area contributed by atoms with Crippen LogP contribution in [0.4, 0.5) is 0 Å². The molecule has 1 heterocycles. The van der Waals surface area contributed by atoms with E-state index in [1.807, 2.05) is 29.2 Å². The fourth-order valence-electron chi connectivity index (χ4n) is 1.94. The molecular formula is C14H19BrN2O3. The molecule has 0 N–H and O–H groups in total. The molecule has 5 nitrogen and oxygen atoms in total. The lowest BCUT2D eigenvalue weighted by atomic mass is 10.1. The average Bonchev–Trinajstić information content (AvgIpc) is 2.83. The van der Waals surface area contributed by atoms with Crippen LogP contribution in [0, 0.1) is 0 Å². The molecule has 0 fully saturated rings. The van der Waals surface area contributed by atoms with Crippen molar-refractivity contribution in [3.63, 3.8) is 0 Å². The zero-order valence-electron chi connectivity index (χ0n) is 11.8. The lowest BCUT2D eigenvalue weighted by Crippen LogP contribution is -2.28. The Balaban J connectivity index is 0.00000200. The summed E-state index contributed by atoms with van der Waals surface area (Å²) in [5.41, 5.74) is 0.596. The van der Waals surface area contributed by atoms with E-state index in [9.17, 15) is 4.79 Å². The van der Waals surface area contributed by atoms with E-state index in [0.717, 1.165) is 6.67 Å². The number of halogens is 1. The molecule has 110 valence electrons. The Kier molecular flexibility index (Phi) is 5.88. The normalized spacial score (nSPS) is 13.2. The van der Waals surface area contributed by atoms with Gasteiger partial charge < -0.3 is 19.3 Å². The number of rotatable bonds is 5. The maximum absolute atomic E-state index is 12.2. The second kappa shape index (κ2) is 7.19. The molecule has 20 heavy (non-hydrogen) atoms. The Morgan fingerprint density at radius 3 is 2.20 bits per heavy atom. The molecule has 0 atom stereocenters. The number of methoxy groups -OCH3 is 2. The van der Waals surface area contributed by atoms with Gasteiger partial charge >= 0.3 is 0 Å². The predicted octanol–water partition coefficient (Wildman–Crippen LogP) is 2.14. The minimum atomic E-state index is 0. The molecule has 0 spiro atoms. The first-order valence-corrected chi connectivity index (χ1v) is 6.01. The van der Waals surface area contributed by atoms with Gasteiger partial charge in [0.25, 0.3) is 0 Å². The maximum Gasteiger partial charge on any atom is 0.182 e. The summed E-state index contributed by atoms with van der Waals surface area (Å²) in [7, 11) is 5.11. The average molecular weight is 343 g/mol. The molecular weight excluding hydrogens is 324 g/mol. The summed E-state index contributed by atoms with van der Waals surface area (Å²) >= 11 is 0. The van der Waals surface area contributed by atoms with Gasteiger partial charge in [0.05, 0.1) is 27.4 Å². The highest BCUT2D eigenvalue weighted by Crippen LogP contribution is 2.23. The van der Waals surface area contributed by atoms with E-state index in [4.69, 9.17) is 9.47 Å². The van der Waals surface area contributed by atoms with Crippen LogP contribution in [-0.4, -0.2) is 50.1 Å². The molecule has 0 amide bonds. The Morgan fingerprint density at radius 2 is 1.75 bits per heavy atom. The number of benzene rings is 1. The summed E-state index contributed by atoms with van der Waals surface area (Å²) in [5, 5.41) is 0. The van der Waals surface area contributed by atoms with Gasteiger partial charge in [0, 0.05) is 31.1 Å². The van der Waals surface area contributed by atoms with Crippen molar-refractivity contribution in [2.75, 3.05) is 34.5 Å². The van der Waals surface area contributed by atoms with Gasteiger partial charge in [-0.25, -0.2) is 0 Å².